The van der Waals surface area contributed by atoms with E-state index in [1.165, 1.54) is 17.0 Å². The SMILES string of the molecule is CC(C)(C)OC(=O)N1CCNCC1CCc1cc(-c2ccc(F)cc2Cl)c2c(c1)N(c1c(Cl)cccc1Cl)C(=O)NC2. The summed E-state index contributed by atoms with van der Waals surface area (Å²) < 4.78 is 19.7. The van der Waals surface area contributed by atoms with Gasteiger partial charge in [0.2, 0.25) is 0 Å². The van der Waals surface area contributed by atoms with E-state index in [-0.39, 0.29) is 29.7 Å². The Bertz CT molecular complexity index is 1510. The van der Waals surface area contributed by atoms with Gasteiger partial charge >= 0.3 is 12.1 Å². The molecule has 5 rings (SSSR count). The van der Waals surface area contributed by atoms with Crippen molar-refractivity contribution in [3.8, 4) is 11.1 Å². The highest BCUT2D eigenvalue weighted by Crippen LogP contribution is 2.45. The third-order valence-electron chi connectivity index (χ3n) is 7.27. The minimum atomic E-state index is -0.599. The predicted octanol–water partition coefficient (Wildman–Crippen LogP) is 7.96. The fourth-order valence-electron chi connectivity index (χ4n) is 5.38. The lowest BCUT2D eigenvalue weighted by Crippen LogP contribution is -2.54. The maximum absolute atomic E-state index is 14.0. The monoisotopic (exact) mass is 632 g/mol. The van der Waals surface area contributed by atoms with Crippen molar-refractivity contribution in [3.05, 3.63) is 80.5 Å². The van der Waals surface area contributed by atoms with E-state index in [9.17, 15) is 14.0 Å². The van der Waals surface area contributed by atoms with Gasteiger partial charge in [0, 0.05) is 43.3 Å². The molecule has 0 spiro atoms. The van der Waals surface area contributed by atoms with E-state index in [0.29, 0.717) is 59.5 Å². The number of para-hydroxylation sites is 1. The molecule has 1 saturated heterocycles. The molecule has 0 aromatic heterocycles. The van der Waals surface area contributed by atoms with Gasteiger partial charge in [0.25, 0.3) is 0 Å². The second-order valence-electron chi connectivity index (χ2n) is 11.4. The second-order valence-corrected chi connectivity index (χ2v) is 12.6. The van der Waals surface area contributed by atoms with E-state index >= 15 is 0 Å². The number of anilines is 2. The molecule has 3 aromatic carbocycles. The maximum atomic E-state index is 14.0. The van der Waals surface area contributed by atoms with E-state index in [1.54, 1.807) is 29.2 Å². The van der Waals surface area contributed by atoms with Crippen LogP contribution in [0.5, 0.6) is 0 Å². The first-order valence-electron chi connectivity index (χ1n) is 13.8. The topological polar surface area (TPSA) is 73.9 Å². The number of rotatable bonds is 5. The third kappa shape index (κ3) is 6.47. The number of hydrogen-bond donors (Lipinski definition) is 2. The van der Waals surface area contributed by atoms with E-state index in [2.05, 4.69) is 10.6 Å². The Morgan fingerprint density at radius 1 is 1.05 bits per heavy atom. The van der Waals surface area contributed by atoms with Gasteiger partial charge in [-0.2, -0.15) is 0 Å². The average Bonchev–Trinajstić information content (AvgIpc) is 2.92. The number of piperazine rings is 1. The molecule has 2 N–H and O–H groups in total. The Balaban J connectivity index is 1.57. The molecule has 3 aromatic rings. The normalized spacial score (nSPS) is 17.1. The molecule has 11 heteroatoms. The first kappa shape index (κ1) is 30.4. The van der Waals surface area contributed by atoms with Crippen molar-refractivity contribution in [1.82, 2.24) is 15.5 Å². The lowest BCUT2D eigenvalue weighted by Gasteiger charge is -2.37. The number of hydrogen-bond acceptors (Lipinski definition) is 4. The lowest BCUT2D eigenvalue weighted by atomic mass is 9.91. The van der Waals surface area contributed by atoms with Gasteiger partial charge in [0.15, 0.2) is 0 Å². The number of carbonyl (C=O) groups excluding carboxylic acids is 2. The fraction of sp³-hybridized carbons (Fsp3) is 0.355. The zero-order chi connectivity index (χ0) is 30.2. The van der Waals surface area contributed by atoms with Gasteiger partial charge in [0.05, 0.1) is 26.4 Å². The number of urea groups is 1. The number of aryl methyl sites for hydroxylation is 1. The molecule has 0 aliphatic carbocycles. The Kier molecular flexibility index (Phi) is 8.90. The molecular formula is C31H32Cl3FN4O3. The van der Waals surface area contributed by atoms with Gasteiger partial charge in [0.1, 0.15) is 11.4 Å². The van der Waals surface area contributed by atoms with E-state index in [0.717, 1.165) is 16.7 Å². The van der Waals surface area contributed by atoms with Crippen LogP contribution < -0.4 is 15.5 Å². The Morgan fingerprint density at radius 2 is 1.79 bits per heavy atom. The molecule has 2 heterocycles. The summed E-state index contributed by atoms with van der Waals surface area (Å²) in [6.45, 7) is 7.64. The van der Waals surface area contributed by atoms with Crippen molar-refractivity contribution < 1.29 is 18.7 Å². The number of ether oxygens (including phenoxy) is 1. The number of benzene rings is 3. The molecule has 2 aliphatic heterocycles. The molecule has 1 unspecified atom stereocenters. The van der Waals surface area contributed by atoms with Crippen molar-refractivity contribution in [2.45, 2.75) is 51.8 Å². The van der Waals surface area contributed by atoms with Crippen LogP contribution in [0, 0.1) is 5.82 Å². The van der Waals surface area contributed by atoms with Crippen LogP contribution in [0.1, 0.15) is 38.3 Å². The van der Waals surface area contributed by atoms with E-state index in [1.807, 2.05) is 32.9 Å². The van der Waals surface area contributed by atoms with Crippen molar-refractivity contribution in [3.63, 3.8) is 0 Å². The van der Waals surface area contributed by atoms with Crippen LogP contribution in [0.3, 0.4) is 0 Å². The van der Waals surface area contributed by atoms with Crippen molar-refractivity contribution >= 4 is 58.3 Å². The van der Waals surface area contributed by atoms with Gasteiger partial charge in [-0.3, -0.25) is 4.90 Å². The highest BCUT2D eigenvalue weighted by atomic mass is 35.5. The van der Waals surface area contributed by atoms with Crippen molar-refractivity contribution in [2.24, 2.45) is 0 Å². The molecule has 0 bridgehead atoms. The molecule has 0 saturated carbocycles. The summed E-state index contributed by atoms with van der Waals surface area (Å²) in [5.41, 5.74) is 3.45. The van der Waals surface area contributed by atoms with Crippen LogP contribution in [0.15, 0.2) is 48.5 Å². The molecule has 1 atom stereocenters. The van der Waals surface area contributed by atoms with Crippen molar-refractivity contribution in [1.29, 1.82) is 0 Å². The molecular weight excluding hydrogens is 602 g/mol. The molecule has 7 nitrogen and oxygen atoms in total. The number of fused-ring (bicyclic) bond motifs is 1. The van der Waals surface area contributed by atoms with Crippen LogP contribution in [-0.2, 0) is 17.7 Å². The maximum Gasteiger partial charge on any atom is 0.410 e. The summed E-state index contributed by atoms with van der Waals surface area (Å²) in [7, 11) is 0. The quantitative estimate of drug-likeness (QED) is 0.299. The van der Waals surface area contributed by atoms with Crippen LogP contribution in [-0.4, -0.2) is 48.3 Å². The summed E-state index contributed by atoms with van der Waals surface area (Å²) in [4.78, 5) is 29.6. The summed E-state index contributed by atoms with van der Waals surface area (Å²) in [6.07, 6.45) is 0.881. The highest BCUT2D eigenvalue weighted by molar-refractivity contribution is 6.40. The third-order valence-corrected chi connectivity index (χ3v) is 8.20. The van der Waals surface area contributed by atoms with Crippen molar-refractivity contribution in [2.75, 3.05) is 24.5 Å². The van der Waals surface area contributed by atoms with Crippen LogP contribution in [0.25, 0.3) is 11.1 Å². The number of nitrogens with zero attached hydrogens (tertiary/aromatic N) is 2. The smallest absolute Gasteiger partial charge is 0.410 e. The molecule has 2 aliphatic rings. The zero-order valence-electron chi connectivity index (χ0n) is 23.6. The first-order chi connectivity index (χ1) is 19.9. The van der Waals surface area contributed by atoms with Gasteiger partial charge in [-0.05, 0) is 81.1 Å². The second kappa shape index (κ2) is 12.3. The molecule has 0 radical (unpaired) electrons. The molecule has 222 valence electrons. The number of carbonyl (C=O) groups is 2. The van der Waals surface area contributed by atoms with E-state index < -0.39 is 11.4 Å². The number of halogens is 4. The molecule has 42 heavy (non-hydrogen) atoms. The van der Waals surface area contributed by atoms with Gasteiger partial charge in [-0.25, -0.2) is 14.0 Å². The van der Waals surface area contributed by atoms with E-state index in [4.69, 9.17) is 39.5 Å². The molecule has 3 amide bonds. The van der Waals surface area contributed by atoms with Crippen LogP contribution in [0.2, 0.25) is 15.1 Å². The minimum Gasteiger partial charge on any atom is -0.444 e. The highest BCUT2D eigenvalue weighted by Gasteiger charge is 2.33. The molecule has 1 fully saturated rings. The summed E-state index contributed by atoms with van der Waals surface area (Å²) in [5, 5.41) is 7.17. The fourth-order valence-corrected chi connectivity index (χ4v) is 6.22. The van der Waals surface area contributed by atoms with Crippen LogP contribution in [0.4, 0.5) is 25.4 Å². The lowest BCUT2D eigenvalue weighted by molar-refractivity contribution is 0.0112. The Hall–Kier alpha value is -3.04. The predicted molar refractivity (Wildman–Crippen MR) is 166 cm³/mol. The first-order valence-corrected chi connectivity index (χ1v) is 14.9. The summed E-state index contributed by atoms with van der Waals surface area (Å²) in [5.74, 6) is -0.446. The Morgan fingerprint density at radius 3 is 2.48 bits per heavy atom. The summed E-state index contributed by atoms with van der Waals surface area (Å²) >= 11 is 19.7. The standard InChI is InChI=1S/C31H32Cl3FN4O3/c1-31(2,3)42-30(41)38-12-11-36-16-20(38)9-7-18-13-22(21-10-8-19(35)15-26(21)34)23-17-37-29(40)39(27(23)14-18)28-24(32)5-4-6-25(28)33/h4-6,8,10,13-15,20,36H,7,9,11-12,16-17H2,1-3H3,(H,37,40). The van der Waals surface area contributed by atoms with Crippen LogP contribution >= 0.6 is 34.8 Å². The van der Waals surface area contributed by atoms with Gasteiger partial charge in [-0.15, -0.1) is 0 Å². The minimum absolute atomic E-state index is 0.0973. The average molecular weight is 634 g/mol. The number of nitrogens with one attached hydrogen (secondary N) is 2. The number of amides is 3. The summed E-state index contributed by atoms with van der Waals surface area (Å²) in [6, 6.07) is 12.8. The van der Waals surface area contributed by atoms with Gasteiger partial charge < -0.3 is 20.3 Å². The largest absolute Gasteiger partial charge is 0.444 e. The zero-order valence-corrected chi connectivity index (χ0v) is 25.8. The Labute approximate surface area is 259 Å². The van der Waals surface area contributed by atoms with Gasteiger partial charge in [-0.1, -0.05) is 46.9 Å².